The van der Waals surface area contributed by atoms with E-state index >= 15 is 0 Å². The summed E-state index contributed by atoms with van der Waals surface area (Å²) in [6, 6.07) is 8.96. The third-order valence-electron chi connectivity index (χ3n) is 2.64. The number of ether oxygens (including phenoxy) is 1. The lowest BCUT2D eigenvalue weighted by Gasteiger charge is -2.16. The molecule has 0 fully saturated rings. The molecule has 0 saturated heterocycles. The summed E-state index contributed by atoms with van der Waals surface area (Å²) in [6.45, 7) is 0.422. The third kappa shape index (κ3) is 3.28. The van der Waals surface area contributed by atoms with Gasteiger partial charge < -0.3 is 9.64 Å². The molecule has 19 heavy (non-hydrogen) atoms. The molecule has 0 spiro atoms. The Kier molecular flexibility index (Phi) is 4.07. The van der Waals surface area contributed by atoms with Crippen LogP contribution in [-0.2, 0) is 6.54 Å². The number of hydrogen-bond donors (Lipinski definition) is 0. The average Bonchev–Trinajstić information content (AvgIpc) is 2.47. The number of hydrogen-bond acceptors (Lipinski definition) is 4. The average molecular weight is 257 g/mol. The van der Waals surface area contributed by atoms with Crippen LogP contribution in [0, 0.1) is 0 Å². The molecule has 2 heterocycles. The topological polar surface area (TPSA) is 55.3 Å². The monoisotopic (exact) mass is 257 g/mol. The molecule has 0 N–H and O–H groups in total. The smallest absolute Gasteiger partial charge is 0.255 e. The zero-order valence-electron chi connectivity index (χ0n) is 10.9. The van der Waals surface area contributed by atoms with Crippen molar-refractivity contribution in [2.45, 2.75) is 6.54 Å². The predicted molar refractivity (Wildman–Crippen MR) is 70.8 cm³/mol. The zero-order chi connectivity index (χ0) is 13.7. The summed E-state index contributed by atoms with van der Waals surface area (Å²) in [7, 11) is 3.30. The fraction of sp³-hybridized carbons (Fsp3) is 0.214. The van der Waals surface area contributed by atoms with Crippen molar-refractivity contribution < 1.29 is 9.53 Å². The Morgan fingerprint density at radius 2 is 2.16 bits per heavy atom. The van der Waals surface area contributed by atoms with E-state index in [1.807, 2.05) is 12.1 Å². The Hall–Kier alpha value is -2.43. The van der Waals surface area contributed by atoms with Crippen LogP contribution in [0.25, 0.3) is 0 Å². The Bertz CT molecular complexity index is 558. The minimum absolute atomic E-state index is 0.0854. The van der Waals surface area contributed by atoms with Gasteiger partial charge in [-0.25, -0.2) is 4.98 Å². The maximum absolute atomic E-state index is 12.1. The van der Waals surface area contributed by atoms with Crippen LogP contribution in [0.1, 0.15) is 16.1 Å². The lowest BCUT2D eigenvalue weighted by atomic mass is 10.2. The summed E-state index contributed by atoms with van der Waals surface area (Å²) < 4.78 is 5.06. The van der Waals surface area contributed by atoms with E-state index in [-0.39, 0.29) is 5.91 Å². The van der Waals surface area contributed by atoms with Gasteiger partial charge in [-0.1, -0.05) is 6.07 Å². The first kappa shape index (κ1) is 13.0. The number of carbonyl (C=O) groups is 1. The van der Waals surface area contributed by atoms with Crippen molar-refractivity contribution in [1.82, 2.24) is 14.9 Å². The fourth-order valence-corrected chi connectivity index (χ4v) is 1.68. The SMILES string of the molecule is COc1cccc(CN(C)C(=O)c2cccnc2)n1. The highest BCUT2D eigenvalue weighted by molar-refractivity contribution is 5.93. The molecule has 0 aliphatic rings. The second kappa shape index (κ2) is 5.95. The summed E-state index contributed by atoms with van der Waals surface area (Å²) in [5, 5.41) is 0. The predicted octanol–water partition coefficient (Wildman–Crippen LogP) is 1.76. The second-order valence-corrected chi connectivity index (χ2v) is 4.07. The van der Waals surface area contributed by atoms with Gasteiger partial charge in [-0.05, 0) is 18.2 Å². The van der Waals surface area contributed by atoms with E-state index in [0.717, 1.165) is 5.69 Å². The minimum Gasteiger partial charge on any atom is -0.481 e. The van der Waals surface area contributed by atoms with Crippen molar-refractivity contribution >= 4 is 5.91 Å². The van der Waals surface area contributed by atoms with Crippen molar-refractivity contribution in [1.29, 1.82) is 0 Å². The van der Waals surface area contributed by atoms with E-state index in [1.54, 1.807) is 49.7 Å². The fourth-order valence-electron chi connectivity index (χ4n) is 1.68. The van der Waals surface area contributed by atoms with Crippen LogP contribution in [-0.4, -0.2) is 34.9 Å². The normalized spacial score (nSPS) is 10.0. The molecule has 1 amide bonds. The molecule has 0 aliphatic heterocycles. The van der Waals surface area contributed by atoms with E-state index in [2.05, 4.69) is 9.97 Å². The molecule has 2 rings (SSSR count). The molecule has 0 atom stereocenters. The first-order valence-electron chi connectivity index (χ1n) is 5.86. The van der Waals surface area contributed by atoms with Gasteiger partial charge in [-0.3, -0.25) is 9.78 Å². The highest BCUT2D eigenvalue weighted by atomic mass is 16.5. The van der Waals surface area contributed by atoms with Gasteiger partial charge in [0, 0.05) is 25.5 Å². The molecule has 0 bridgehead atoms. The highest BCUT2D eigenvalue weighted by Crippen LogP contribution is 2.10. The molecule has 0 radical (unpaired) electrons. The highest BCUT2D eigenvalue weighted by Gasteiger charge is 2.12. The lowest BCUT2D eigenvalue weighted by molar-refractivity contribution is 0.0782. The number of nitrogens with zero attached hydrogens (tertiary/aromatic N) is 3. The zero-order valence-corrected chi connectivity index (χ0v) is 10.9. The molecule has 2 aromatic rings. The van der Waals surface area contributed by atoms with Crippen LogP contribution < -0.4 is 4.74 Å². The Balaban J connectivity index is 2.08. The number of methoxy groups -OCH3 is 1. The summed E-state index contributed by atoms with van der Waals surface area (Å²) in [5.74, 6) is 0.456. The van der Waals surface area contributed by atoms with E-state index in [4.69, 9.17) is 4.74 Å². The minimum atomic E-state index is -0.0854. The Labute approximate surface area is 111 Å². The maximum Gasteiger partial charge on any atom is 0.255 e. The summed E-state index contributed by atoms with van der Waals surface area (Å²) in [5.41, 5.74) is 1.34. The van der Waals surface area contributed by atoms with E-state index in [1.165, 1.54) is 0 Å². The van der Waals surface area contributed by atoms with Gasteiger partial charge in [-0.15, -0.1) is 0 Å². The number of pyridine rings is 2. The van der Waals surface area contributed by atoms with E-state index in [9.17, 15) is 4.79 Å². The van der Waals surface area contributed by atoms with Crippen LogP contribution in [0.4, 0.5) is 0 Å². The Morgan fingerprint density at radius 3 is 2.84 bits per heavy atom. The summed E-state index contributed by atoms with van der Waals surface area (Å²) >= 11 is 0. The van der Waals surface area contributed by atoms with Gasteiger partial charge in [0.1, 0.15) is 0 Å². The van der Waals surface area contributed by atoms with Crippen LogP contribution >= 0.6 is 0 Å². The van der Waals surface area contributed by atoms with E-state index in [0.29, 0.717) is 18.0 Å². The molecule has 0 aromatic carbocycles. The third-order valence-corrected chi connectivity index (χ3v) is 2.64. The first-order chi connectivity index (χ1) is 9.20. The van der Waals surface area contributed by atoms with Crippen molar-refractivity contribution in [2.24, 2.45) is 0 Å². The molecule has 0 saturated carbocycles. The molecular weight excluding hydrogens is 242 g/mol. The van der Waals surface area contributed by atoms with Crippen LogP contribution in [0.2, 0.25) is 0 Å². The molecule has 0 unspecified atom stereocenters. The summed E-state index contributed by atoms with van der Waals surface area (Å²) in [6.07, 6.45) is 3.19. The van der Waals surface area contributed by atoms with Gasteiger partial charge in [0.25, 0.3) is 5.91 Å². The van der Waals surface area contributed by atoms with Crippen LogP contribution in [0.3, 0.4) is 0 Å². The lowest BCUT2D eigenvalue weighted by Crippen LogP contribution is -2.26. The van der Waals surface area contributed by atoms with Crippen molar-refractivity contribution in [2.75, 3.05) is 14.2 Å². The largest absolute Gasteiger partial charge is 0.481 e. The van der Waals surface area contributed by atoms with Gasteiger partial charge in [0.15, 0.2) is 0 Å². The van der Waals surface area contributed by atoms with Gasteiger partial charge in [0.05, 0.1) is 24.9 Å². The number of amides is 1. The molecule has 2 aromatic heterocycles. The van der Waals surface area contributed by atoms with Gasteiger partial charge in [-0.2, -0.15) is 0 Å². The Morgan fingerprint density at radius 1 is 1.32 bits per heavy atom. The molecule has 5 heteroatoms. The number of rotatable bonds is 4. The van der Waals surface area contributed by atoms with E-state index < -0.39 is 0 Å². The van der Waals surface area contributed by atoms with Crippen LogP contribution in [0.5, 0.6) is 5.88 Å². The number of aromatic nitrogens is 2. The van der Waals surface area contributed by atoms with Gasteiger partial charge >= 0.3 is 0 Å². The van der Waals surface area contributed by atoms with Crippen molar-refractivity contribution in [3.8, 4) is 5.88 Å². The van der Waals surface area contributed by atoms with Crippen molar-refractivity contribution in [3.63, 3.8) is 0 Å². The number of carbonyl (C=O) groups excluding carboxylic acids is 1. The second-order valence-electron chi connectivity index (χ2n) is 4.07. The summed E-state index contributed by atoms with van der Waals surface area (Å²) in [4.78, 5) is 21.9. The van der Waals surface area contributed by atoms with Gasteiger partial charge in [0.2, 0.25) is 5.88 Å². The molecule has 5 nitrogen and oxygen atoms in total. The molecule has 98 valence electrons. The quantitative estimate of drug-likeness (QED) is 0.837. The van der Waals surface area contributed by atoms with Crippen molar-refractivity contribution in [3.05, 3.63) is 54.0 Å². The van der Waals surface area contributed by atoms with Crippen LogP contribution in [0.15, 0.2) is 42.7 Å². The first-order valence-corrected chi connectivity index (χ1v) is 5.86. The molecule has 0 aliphatic carbocycles. The maximum atomic E-state index is 12.1. The standard InChI is InChI=1S/C14H15N3O2/c1-17(14(18)11-5-4-8-15-9-11)10-12-6-3-7-13(16-12)19-2/h3-9H,10H2,1-2H3. The molecular formula is C14H15N3O2.